The van der Waals surface area contributed by atoms with E-state index in [1.54, 1.807) is 4.31 Å². The molecule has 20 heavy (non-hydrogen) atoms. The number of aromatic nitrogens is 2. The van der Waals surface area contributed by atoms with Gasteiger partial charge in [0.1, 0.15) is 11.6 Å². The van der Waals surface area contributed by atoms with Crippen molar-refractivity contribution in [2.45, 2.75) is 26.7 Å². The van der Waals surface area contributed by atoms with Gasteiger partial charge < -0.3 is 5.32 Å². The van der Waals surface area contributed by atoms with E-state index in [9.17, 15) is 8.42 Å². The van der Waals surface area contributed by atoms with Gasteiger partial charge in [-0.1, -0.05) is 6.92 Å². The summed E-state index contributed by atoms with van der Waals surface area (Å²) < 4.78 is 24.5. The molecule has 2 heterocycles. The van der Waals surface area contributed by atoms with Crippen molar-refractivity contribution in [2.75, 3.05) is 31.2 Å². The van der Waals surface area contributed by atoms with Gasteiger partial charge in [-0.05, 0) is 25.7 Å². The standard InChI is InChI=1S/C13H22N4O2S/c1-4-12-7-13(16-10(2)15-12)14-8-11-5-6-17(9-11)20(3,18)19/h7,11H,4-6,8-9H2,1-3H3,(H,14,15,16). The van der Waals surface area contributed by atoms with Crippen LogP contribution in [0.15, 0.2) is 6.07 Å². The van der Waals surface area contributed by atoms with E-state index in [-0.39, 0.29) is 0 Å². The highest BCUT2D eigenvalue weighted by Gasteiger charge is 2.28. The number of aryl methyl sites for hydroxylation is 2. The Kier molecular flexibility index (Phi) is 4.59. The lowest BCUT2D eigenvalue weighted by molar-refractivity contribution is 0.466. The summed E-state index contributed by atoms with van der Waals surface area (Å²) in [6, 6.07) is 1.95. The van der Waals surface area contributed by atoms with Gasteiger partial charge in [0.2, 0.25) is 10.0 Å². The molecule has 7 heteroatoms. The molecule has 1 atom stereocenters. The Labute approximate surface area is 120 Å². The van der Waals surface area contributed by atoms with Crippen LogP contribution in [0.3, 0.4) is 0 Å². The molecule has 0 saturated carbocycles. The van der Waals surface area contributed by atoms with Gasteiger partial charge in [0.15, 0.2) is 0 Å². The first-order valence-electron chi connectivity index (χ1n) is 6.92. The van der Waals surface area contributed by atoms with Crippen LogP contribution in [0.25, 0.3) is 0 Å². The van der Waals surface area contributed by atoms with E-state index in [4.69, 9.17) is 0 Å². The fourth-order valence-electron chi connectivity index (χ4n) is 2.42. The molecule has 1 fully saturated rings. The van der Waals surface area contributed by atoms with Crippen molar-refractivity contribution >= 4 is 15.8 Å². The Morgan fingerprint density at radius 2 is 2.20 bits per heavy atom. The molecule has 6 nitrogen and oxygen atoms in total. The highest BCUT2D eigenvalue weighted by atomic mass is 32.2. The van der Waals surface area contributed by atoms with E-state index >= 15 is 0 Å². The summed E-state index contributed by atoms with van der Waals surface area (Å²) in [5, 5.41) is 3.30. The van der Waals surface area contributed by atoms with Crippen molar-refractivity contribution < 1.29 is 8.42 Å². The number of anilines is 1. The quantitative estimate of drug-likeness (QED) is 0.879. The average Bonchev–Trinajstić information content (AvgIpc) is 2.84. The van der Waals surface area contributed by atoms with E-state index in [1.807, 2.05) is 13.0 Å². The van der Waals surface area contributed by atoms with Gasteiger partial charge in [-0.15, -0.1) is 0 Å². The number of rotatable bonds is 5. The molecule has 0 radical (unpaired) electrons. The molecule has 1 N–H and O–H groups in total. The number of nitrogens with one attached hydrogen (secondary N) is 1. The minimum absolute atomic E-state index is 0.338. The Hall–Kier alpha value is -1.21. The largest absolute Gasteiger partial charge is 0.370 e. The third-order valence-corrected chi connectivity index (χ3v) is 4.81. The molecule has 0 amide bonds. The van der Waals surface area contributed by atoms with Crippen LogP contribution in [0, 0.1) is 12.8 Å². The van der Waals surface area contributed by atoms with Gasteiger partial charge in [0.25, 0.3) is 0 Å². The molecular weight excluding hydrogens is 276 g/mol. The zero-order chi connectivity index (χ0) is 14.8. The highest BCUT2D eigenvalue weighted by molar-refractivity contribution is 7.88. The molecule has 112 valence electrons. The average molecular weight is 298 g/mol. The van der Waals surface area contributed by atoms with Crippen LogP contribution in [-0.4, -0.2) is 48.6 Å². The lowest BCUT2D eigenvalue weighted by Gasteiger charge is -2.14. The van der Waals surface area contributed by atoms with Crippen molar-refractivity contribution in [2.24, 2.45) is 5.92 Å². The van der Waals surface area contributed by atoms with Gasteiger partial charge in [0.05, 0.1) is 6.26 Å². The molecule has 0 spiro atoms. The van der Waals surface area contributed by atoms with Crippen molar-refractivity contribution in [1.29, 1.82) is 0 Å². The first-order valence-corrected chi connectivity index (χ1v) is 8.77. The van der Waals surface area contributed by atoms with Crippen molar-refractivity contribution in [3.63, 3.8) is 0 Å². The molecule has 1 aromatic heterocycles. The normalized spacial score (nSPS) is 20.2. The smallest absolute Gasteiger partial charge is 0.211 e. The van der Waals surface area contributed by atoms with Crippen LogP contribution in [0.2, 0.25) is 0 Å². The summed E-state index contributed by atoms with van der Waals surface area (Å²) in [6.45, 7) is 5.90. The number of sulfonamides is 1. The fourth-order valence-corrected chi connectivity index (χ4v) is 3.33. The van der Waals surface area contributed by atoms with Crippen molar-refractivity contribution in [3.8, 4) is 0 Å². The molecule has 1 unspecified atom stereocenters. The summed E-state index contributed by atoms with van der Waals surface area (Å²) in [5.41, 5.74) is 1.02. The first-order chi connectivity index (χ1) is 9.38. The van der Waals surface area contributed by atoms with Gasteiger partial charge in [-0.2, -0.15) is 0 Å². The Morgan fingerprint density at radius 3 is 2.80 bits per heavy atom. The predicted octanol–water partition coefficient (Wildman–Crippen LogP) is 1.04. The van der Waals surface area contributed by atoms with Crippen LogP contribution in [0.4, 0.5) is 5.82 Å². The second-order valence-corrected chi connectivity index (χ2v) is 7.28. The monoisotopic (exact) mass is 298 g/mol. The summed E-state index contributed by atoms with van der Waals surface area (Å²) in [7, 11) is -3.06. The maximum absolute atomic E-state index is 11.5. The van der Waals surface area contributed by atoms with Gasteiger partial charge in [-0.3, -0.25) is 0 Å². The number of hydrogen-bond donors (Lipinski definition) is 1. The van der Waals surface area contributed by atoms with Crippen LogP contribution in [0.5, 0.6) is 0 Å². The van der Waals surface area contributed by atoms with Gasteiger partial charge >= 0.3 is 0 Å². The Bertz CT molecular complexity index is 574. The minimum atomic E-state index is -3.06. The molecule has 0 aromatic carbocycles. The van der Waals surface area contributed by atoms with E-state index in [2.05, 4.69) is 22.2 Å². The predicted molar refractivity (Wildman–Crippen MR) is 79.2 cm³/mol. The molecular formula is C13H22N4O2S. The zero-order valence-corrected chi connectivity index (χ0v) is 13.1. The van der Waals surface area contributed by atoms with Crippen molar-refractivity contribution in [3.05, 3.63) is 17.6 Å². The summed E-state index contributed by atoms with van der Waals surface area (Å²) in [4.78, 5) is 8.69. The second kappa shape index (κ2) is 6.05. The second-order valence-electron chi connectivity index (χ2n) is 5.30. The third kappa shape index (κ3) is 3.89. The minimum Gasteiger partial charge on any atom is -0.370 e. The lowest BCUT2D eigenvalue weighted by Crippen LogP contribution is -2.28. The number of hydrogen-bond acceptors (Lipinski definition) is 5. The fraction of sp³-hybridized carbons (Fsp3) is 0.692. The summed E-state index contributed by atoms with van der Waals surface area (Å²) in [5.74, 6) is 1.92. The topological polar surface area (TPSA) is 75.2 Å². The lowest BCUT2D eigenvalue weighted by atomic mass is 10.1. The Balaban J connectivity index is 1.92. The summed E-state index contributed by atoms with van der Waals surface area (Å²) in [6.07, 6.45) is 3.04. The van der Waals surface area contributed by atoms with E-state index in [1.165, 1.54) is 6.26 Å². The van der Waals surface area contributed by atoms with E-state index in [0.717, 1.165) is 36.7 Å². The molecule has 0 aliphatic carbocycles. The molecule has 1 aliphatic rings. The molecule has 1 aliphatic heterocycles. The molecule has 1 saturated heterocycles. The van der Waals surface area contributed by atoms with Crippen LogP contribution < -0.4 is 5.32 Å². The molecule has 2 rings (SSSR count). The zero-order valence-electron chi connectivity index (χ0n) is 12.3. The van der Waals surface area contributed by atoms with E-state index in [0.29, 0.717) is 19.0 Å². The van der Waals surface area contributed by atoms with Crippen LogP contribution >= 0.6 is 0 Å². The summed E-state index contributed by atoms with van der Waals surface area (Å²) >= 11 is 0. The van der Waals surface area contributed by atoms with Crippen molar-refractivity contribution in [1.82, 2.24) is 14.3 Å². The highest BCUT2D eigenvalue weighted by Crippen LogP contribution is 2.19. The first kappa shape index (κ1) is 15.2. The van der Waals surface area contributed by atoms with E-state index < -0.39 is 10.0 Å². The van der Waals surface area contributed by atoms with Crippen LogP contribution in [-0.2, 0) is 16.4 Å². The van der Waals surface area contributed by atoms with Crippen LogP contribution in [0.1, 0.15) is 24.9 Å². The maximum Gasteiger partial charge on any atom is 0.211 e. The Morgan fingerprint density at radius 1 is 1.45 bits per heavy atom. The van der Waals surface area contributed by atoms with Gasteiger partial charge in [0, 0.05) is 31.4 Å². The third-order valence-electron chi connectivity index (χ3n) is 3.54. The molecule has 0 bridgehead atoms. The number of nitrogens with zero attached hydrogens (tertiary/aromatic N) is 3. The maximum atomic E-state index is 11.5. The SMILES string of the molecule is CCc1cc(NCC2CCN(S(C)(=O)=O)C2)nc(C)n1. The molecule has 1 aromatic rings. The van der Waals surface area contributed by atoms with Gasteiger partial charge in [-0.25, -0.2) is 22.7 Å².